The van der Waals surface area contributed by atoms with E-state index < -0.39 is 11.6 Å². The molecule has 1 amide bonds. The Kier molecular flexibility index (Phi) is 6.17. The Hall–Kier alpha value is -2.93. The highest BCUT2D eigenvalue weighted by molar-refractivity contribution is 5.72. The molecule has 3 rings (SSSR count). The molecule has 0 atom stereocenters. The second-order valence-electron chi connectivity index (χ2n) is 7.74. The van der Waals surface area contributed by atoms with Gasteiger partial charge in [0, 0.05) is 12.1 Å². The van der Waals surface area contributed by atoms with Gasteiger partial charge in [-0.2, -0.15) is 4.98 Å². The van der Waals surface area contributed by atoms with Gasteiger partial charge in [0.15, 0.2) is 11.6 Å². The van der Waals surface area contributed by atoms with Crippen molar-refractivity contribution < 1.29 is 19.0 Å². The summed E-state index contributed by atoms with van der Waals surface area (Å²) in [7, 11) is 0. The SMILES string of the molecule is C=C(OCC)c1nc2c(c(OC(=O)N(Cc3ccccc3)C(C)(C)C)n1)COC2. The topological polar surface area (TPSA) is 73.8 Å². The van der Waals surface area contributed by atoms with Crippen LogP contribution >= 0.6 is 0 Å². The zero-order chi connectivity index (χ0) is 21.0. The molecule has 0 unspecified atom stereocenters. The molecule has 0 aliphatic carbocycles. The molecule has 2 aromatic rings. The van der Waals surface area contributed by atoms with Crippen LogP contribution in [0.3, 0.4) is 0 Å². The first kappa shape index (κ1) is 20.8. The summed E-state index contributed by atoms with van der Waals surface area (Å²) in [6.07, 6.45) is -0.484. The molecule has 7 heteroatoms. The first-order valence-electron chi connectivity index (χ1n) is 9.62. The zero-order valence-corrected chi connectivity index (χ0v) is 17.4. The Morgan fingerprint density at radius 1 is 1.21 bits per heavy atom. The molecular weight excluding hydrogens is 370 g/mol. The highest BCUT2D eigenvalue weighted by atomic mass is 16.6. The highest BCUT2D eigenvalue weighted by Gasteiger charge is 2.31. The van der Waals surface area contributed by atoms with Gasteiger partial charge in [0.25, 0.3) is 0 Å². The normalized spacial score (nSPS) is 13.0. The Balaban J connectivity index is 1.88. The van der Waals surface area contributed by atoms with Gasteiger partial charge in [0.1, 0.15) is 0 Å². The van der Waals surface area contributed by atoms with E-state index in [1.54, 1.807) is 4.90 Å². The number of benzene rings is 1. The molecule has 0 radical (unpaired) electrons. The van der Waals surface area contributed by atoms with E-state index in [4.69, 9.17) is 14.2 Å². The van der Waals surface area contributed by atoms with Crippen LogP contribution in [0.15, 0.2) is 36.9 Å². The predicted octanol–water partition coefficient (Wildman–Crippen LogP) is 4.31. The minimum absolute atomic E-state index is 0.190. The number of hydrogen-bond donors (Lipinski definition) is 0. The average molecular weight is 397 g/mol. The highest BCUT2D eigenvalue weighted by Crippen LogP contribution is 2.29. The van der Waals surface area contributed by atoms with Crippen molar-refractivity contribution in [1.29, 1.82) is 0 Å². The lowest BCUT2D eigenvalue weighted by Gasteiger charge is -2.34. The molecule has 0 saturated heterocycles. The van der Waals surface area contributed by atoms with Crippen LogP contribution in [-0.4, -0.2) is 33.1 Å². The third-order valence-electron chi connectivity index (χ3n) is 4.51. The van der Waals surface area contributed by atoms with Crippen LogP contribution in [0.4, 0.5) is 4.79 Å². The molecule has 2 heterocycles. The summed E-state index contributed by atoms with van der Waals surface area (Å²) in [6.45, 7) is 13.1. The molecule has 0 bridgehead atoms. The van der Waals surface area contributed by atoms with Gasteiger partial charge in [-0.25, -0.2) is 9.78 Å². The van der Waals surface area contributed by atoms with Crippen molar-refractivity contribution in [2.24, 2.45) is 0 Å². The summed E-state index contributed by atoms with van der Waals surface area (Å²) >= 11 is 0. The molecule has 29 heavy (non-hydrogen) atoms. The second kappa shape index (κ2) is 8.61. The van der Waals surface area contributed by atoms with Gasteiger partial charge in [-0.05, 0) is 33.3 Å². The van der Waals surface area contributed by atoms with Crippen molar-refractivity contribution in [2.45, 2.75) is 53.0 Å². The number of amides is 1. The van der Waals surface area contributed by atoms with Crippen LogP contribution in [0.5, 0.6) is 5.88 Å². The van der Waals surface area contributed by atoms with Crippen LogP contribution in [0, 0.1) is 0 Å². The number of aromatic nitrogens is 2. The fraction of sp³-hybridized carbons (Fsp3) is 0.409. The van der Waals surface area contributed by atoms with Crippen LogP contribution in [0.2, 0.25) is 0 Å². The number of carbonyl (C=O) groups excluding carboxylic acids is 1. The molecule has 0 spiro atoms. The van der Waals surface area contributed by atoms with E-state index in [2.05, 4.69) is 16.5 Å². The summed E-state index contributed by atoms with van der Waals surface area (Å²) in [6, 6.07) is 9.79. The molecule has 1 aromatic carbocycles. The lowest BCUT2D eigenvalue weighted by molar-refractivity contribution is 0.0987. The number of fused-ring (bicyclic) bond motifs is 1. The first-order valence-corrected chi connectivity index (χ1v) is 9.62. The molecular formula is C22H27N3O4. The summed E-state index contributed by atoms with van der Waals surface area (Å²) < 4.78 is 16.6. The van der Waals surface area contributed by atoms with Crippen LogP contribution < -0.4 is 4.74 Å². The maximum Gasteiger partial charge on any atom is 0.417 e. The van der Waals surface area contributed by atoms with Crippen molar-refractivity contribution in [1.82, 2.24) is 14.9 Å². The summed E-state index contributed by atoms with van der Waals surface area (Å²) in [4.78, 5) is 23.6. The van der Waals surface area contributed by atoms with Crippen molar-refractivity contribution in [3.8, 4) is 5.88 Å². The van der Waals surface area contributed by atoms with E-state index in [0.29, 0.717) is 49.2 Å². The monoisotopic (exact) mass is 397 g/mol. The Bertz CT molecular complexity index is 891. The summed E-state index contributed by atoms with van der Waals surface area (Å²) in [5.74, 6) is 0.816. The Labute approximate surface area is 171 Å². The zero-order valence-electron chi connectivity index (χ0n) is 17.4. The van der Waals surface area contributed by atoms with Gasteiger partial charge in [-0.1, -0.05) is 36.9 Å². The van der Waals surface area contributed by atoms with E-state index >= 15 is 0 Å². The van der Waals surface area contributed by atoms with E-state index in [9.17, 15) is 4.79 Å². The lowest BCUT2D eigenvalue weighted by Crippen LogP contribution is -2.46. The third-order valence-corrected chi connectivity index (χ3v) is 4.51. The van der Waals surface area contributed by atoms with Gasteiger partial charge >= 0.3 is 6.09 Å². The van der Waals surface area contributed by atoms with Gasteiger partial charge in [0.05, 0.1) is 31.1 Å². The fourth-order valence-corrected chi connectivity index (χ4v) is 2.95. The molecule has 0 N–H and O–H groups in total. The standard InChI is InChI=1S/C22H27N3O4/c1-6-28-15(2)19-23-18-14-27-13-17(18)20(24-19)29-21(26)25(22(3,4)5)12-16-10-8-7-9-11-16/h7-11H,2,6,12-14H2,1,3-5H3. The van der Waals surface area contributed by atoms with Gasteiger partial charge < -0.3 is 14.2 Å². The first-order chi connectivity index (χ1) is 13.8. The number of hydrogen-bond acceptors (Lipinski definition) is 6. The smallest absolute Gasteiger partial charge is 0.417 e. The van der Waals surface area contributed by atoms with Crippen molar-refractivity contribution in [2.75, 3.05) is 6.61 Å². The van der Waals surface area contributed by atoms with Crippen molar-refractivity contribution in [3.05, 3.63) is 59.6 Å². The summed E-state index contributed by atoms with van der Waals surface area (Å²) in [5, 5.41) is 0. The quantitative estimate of drug-likeness (QED) is 0.676. The Morgan fingerprint density at radius 2 is 1.93 bits per heavy atom. The molecule has 7 nitrogen and oxygen atoms in total. The fourth-order valence-electron chi connectivity index (χ4n) is 2.95. The second-order valence-corrected chi connectivity index (χ2v) is 7.74. The van der Waals surface area contributed by atoms with E-state index in [0.717, 1.165) is 5.56 Å². The number of nitrogens with zero attached hydrogens (tertiary/aromatic N) is 3. The summed E-state index contributed by atoms with van der Waals surface area (Å²) in [5.41, 5.74) is 1.93. The maximum absolute atomic E-state index is 13.1. The molecule has 0 fully saturated rings. The largest absolute Gasteiger partial charge is 0.491 e. The van der Waals surface area contributed by atoms with Gasteiger partial charge in [0.2, 0.25) is 5.88 Å². The van der Waals surface area contributed by atoms with Crippen LogP contribution in [-0.2, 0) is 29.2 Å². The third kappa shape index (κ3) is 4.92. The number of ether oxygens (including phenoxy) is 3. The number of carbonyl (C=O) groups is 1. The van der Waals surface area contributed by atoms with Crippen LogP contribution in [0.25, 0.3) is 5.76 Å². The van der Waals surface area contributed by atoms with E-state index in [-0.39, 0.29) is 5.88 Å². The van der Waals surface area contributed by atoms with E-state index in [1.807, 2.05) is 58.0 Å². The maximum atomic E-state index is 13.1. The van der Waals surface area contributed by atoms with Crippen molar-refractivity contribution in [3.63, 3.8) is 0 Å². The lowest BCUT2D eigenvalue weighted by atomic mass is 10.1. The van der Waals surface area contributed by atoms with E-state index in [1.165, 1.54) is 0 Å². The van der Waals surface area contributed by atoms with Crippen LogP contribution in [0.1, 0.15) is 50.3 Å². The van der Waals surface area contributed by atoms with Gasteiger partial charge in [-0.15, -0.1) is 0 Å². The Morgan fingerprint density at radius 3 is 2.59 bits per heavy atom. The van der Waals surface area contributed by atoms with Crippen molar-refractivity contribution >= 4 is 11.9 Å². The molecule has 1 aromatic heterocycles. The average Bonchev–Trinajstić information content (AvgIpc) is 3.15. The molecule has 0 saturated carbocycles. The molecule has 1 aliphatic rings. The minimum Gasteiger partial charge on any atom is -0.491 e. The number of rotatable bonds is 6. The minimum atomic E-state index is -0.484. The van der Waals surface area contributed by atoms with Gasteiger partial charge in [-0.3, -0.25) is 4.90 Å². The molecule has 154 valence electrons. The predicted molar refractivity (Wildman–Crippen MR) is 109 cm³/mol. The molecule has 1 aliphatic heterocycles.